The van der Waals surface area contributed by atoms with Gasteiger partial charge in [-0.25, -0.2) is 0 Å². The predicted molar refractivity (Wildman–Crippen MR) is 75.5 cm³/mol. The molecule has 0 saturated heterocycles. The summed E-state index contributed by atoms with van der Waals surface area (Å²) in [5.74, 6) is 2.95. The minimum Gasteiger partial charge on any atom is -0.495 e. The van der Waals surface area contributed by atoms with Crippen molar-refractivity contribution in [3.63, 3.8) is 0 Å². The Morgan fingerprint density at radius 1 is 1.35 bits per heavy atom. The Bertz CT molecular complexity index is 611. The van der Waals surface area contributed by atoms with E-state index in [1.165, 1.54) is 13.2 Å². The van der Waals surface area contributed by atoms with Crippen LogP contribution in [0, 0.1) is 19.3 Å². The molecule has 0 atom stereocenters. The van der Waals surface area contributed by atoms with Crippen molar-refractivity contribution in [2.75, 3.05) is 13.7 Å². The molecule has 6 heteroatoms. The second-order valence-electron chi connectivity index (χ2n) is 4.36. The fourth-order valence-electron chi connectivity index (χ4n) is 1.69. The highest BCUT2D eigenvalue weighted by atomic mass is 32.2. The van der Waals surface area contributed by atoms with Gasteiger partial charge in [0.05, 0.1) is 13.2 Å². The maximum atomic E-state index is 12.2. The topological polar surface area (TPSA) is 61.8 Å². The SMILES string of the molecule is C#CCOc1cc(C)c(S(=O)(=O)OC(C)C)c(OC)c1. The van der Waals surface area contributed by atoms with Crippen LogP contribution in [-0.4, -0.2) is 28.2 Å². The van der Waals surface area contributed by atoms with Crippen molar-refractivity contribution in [2.24, 2.45) is 0 Å². The zero-order valence-corrected chi connectivity index (χ0v) is 12.8. The van der Waals surface area contributed by atoms with E-state index in [2.05, 4.69) is 5.92 Å². The van der Waals surface area contributed by atoms with Crippen LogP contribution in [0.2, 0.25) is 0 Å². The van der Waals surface area contributed by atoms with Crippen LogP contribution in [0.5, 0.6) is 11.5 Å². The number of hydrogen-bond acceptors (Lipinski definition) is 5. The predicted octanol–water partition coefficient (Wildman–Crippen LogP) is 2.13. The van der Waals surface area contributed by atoms with Crippen molar-refractivity contribution in [2.45, 2.75) is 31.8 Å². The summed E-state index contributed by atoms with van der Waals surface area (Å²) < 4.78 is 39.8. The first kappa shape index (κ1) is 16.3. The first-order valence-corrected chi connectivity index (χ1v) is 7.40. The summed E-state index contributed by atoms with van der Waals surface area (Å²) in [7, 11) is -2.51. The lowest BCUT2D eigenvalue weighted by Crippen LogP contribution is -2.15. The second kappa shape index (κ2) is 6.64. The molecule has 20 heavy (non-hydrogen) atoms. The van der Waals surface area contributed by atoms with Crippen molar-refractivity contribution in [3.8, 4) is 23.8 Å². The molecule has 0 N–H and O–H groups in total. The molecular formula is C14H18O5S. The van der Waals surface area contributed by atoms with Gasteiger partial charge >= 0.3 is 10.1 Å². The van der Waals surface area contributed by atoms with Gasteiger partial charge in [-0.15, -0.1) is 6.42 Å². The number of ether oxygens (including phenoxy) is 2. The van der Waals surface area contributed by atoms with Crippen LogP contribution in [0.15, 0.2) is 17.0 Å². The van der Waals surface area contributed by atoms with Gasteiger partial charge in [0.1, 0.15) is 23.0 Å². The fourth-order valence-corrected chi connectivity index (χ4v) is 3.14. The molecule has 0 bridgehead atoms. The molecule has 0 heterocycles. The standard InChI is InChI=1S/C14H18O5S/c1-6-7-18-12-8-11(4)14(13(9-12)17-5)20(15,16)19-10(2)3/h1,8-10H,7H2,2-5H3. The Balaban J connectivity index is 3.31. The number of methoxy groups -OCH3 is 1. The first-order chi connectivity index (χ1) is 9.31. The number of terminal acetylenes is 1. The molecule has 1 rings (SSSR count). The van der Waals surface area contributed by atoms with E-state index in [9.17, 15) is 8.42 Å². The minimum atomic E-state index is -3.89. The van der Waals surface area contributed by atoms with Gasteiger partial charge in [0, 0.05) is 6.07 Å². The number of rotatable bonds is 6. The number of aryl methyl sites for hydroxylation is 1. The van der Waals surface area contributed by atoms with Gasteiger partial charge in [-0.1, -0.05) is 5.92 Å². The van der Waals surface area contributed by atoms with Gasteiger partial charge in [0.25, 0.3) is 0 Å². The van der Waals surface area contributed by atoms with Gasteiger partial charge < -0.3 is 9.47 Å². The van der Waals surface area contributed by atoms with Gasteiger partial charge in [0.2, 0.25) is 0 Å². The van der Waals surface area contributed by atoms with Gasteiger partial charge in [0.15, 0.2) is 0 Å². The van der Waals surface area contributed by atoms with Crippen LogP contribution in [0.3, 0.4) is 0 Å². The zero-order valence-electron chi connectivity index (χ0n) is 12.0. The van der Waals surface area contributed by atoms with Crippen LogP contribution in [0.1, 0.15) is 19.4 Å². The third-order valence-electron chi connectivity index (χ3n) is 2.33. The Morgan fingerprint density at radius 2 is 2.00 bits per heavy atom. The normalized spacial score (nSPS) is 11.2. The quantitative estimate of drug-likeness (QED) is 0.595. The van der Waals surface area contributed by atoms with E-state index in [0.29, 0.717) is 11.3 Å². The van der Waals surface area contributed by atoms with Crippen LogP contribution in [0.4, 0.5) is 0 Å². The Hall–Kier alpha value is -1.71. The van der Waals surface area contributed by atoms with E-state index in [1.807, 2.05) is 0 Å². The molecule has 0 fully saturated rings. The third kappa shape index (κ3) is 3.89. The molecule has 0 aliphatic rings. The van der Waals surface area contributed by atoms with Crippen molar-refractivity contribution < 1.29 is 22.1 Å². The maximum absolute atomic E-state index is 12.2. The summed E-state index contributed by atoms with van der Waals surface area (Å²) >= 11 is 0. The summed E-state index contributed by atoms with van der Waals surface area (Å²) in [6.45, 7) is 5.02. The summed E-state index contributed by atoms with van der Waals surface area (Å²) in [6.07, 6.45) is 4.66. The van der Waals surface area contributed by atoms with E-state index < -0.39 is 16.2 Å². The lowest BCUT2D eigenvalue weighted by Gasteiger charge is -2.15. The van der Waals surface area contributed by atoms with Crippen LogP contribution in [0.25, 0.3) is 0 Å². The van der Waals surface area contributed by atoms with Crippen LogP contribution >= 0.6 is 0 Å². The fraction of sp³-hybridized carbons (Fsp3) is 0.429. The average Bonchev–Trinajstić information content (AvgIpc) is 2.33. The molecule has 0 saturated carbocycles. The van der Waals surface area contributed by atoms with Gasteiger partial charge in [-0.3, -0.25) is 4.18 Å². The van der Waals surface area contributed by atoms with Crippen molar-refractivity contribution in [3.05, 3.63) is 17.7 Å². The molecule has 0 amide bonds. The summed E-state index contributed by atoms with van der Waals surface area (Å²) in [4.78, 5) is 0.00163. The molecule has 0 aliphatic carbocycles. The second-order valence-corrected chi connectivity index (χ2v) is 5.87. The molecule has 0 aliphatic heterocycles. The molecule has 110 valence electrons. The van der Waals surface area contributed by atoms with E-state index in [4.69, 9.17) is 20.1 Å². The summed E-state index contributed by atoms with van der Waals surface area (Å²) in [5, 5.41) is 0. The molecule has 0 radical (unpaired) electrons. The molecule has 5 nitrogen and oxygen atoms in total. The number of benzene rings is 1. The lowest BCUT2D eigenvalue weighted by atomic mass is 10.2. The van der Waals surface area contributed by atoms with Crippen molar-refractivity contribution in [1.82, 2.24) is 0 Å². The van der Waals surface area contributed by atoms with Gasteiger partial charge in [-0.05, 0) is 32.4 Å². The Morgan fingerprint density at radius 3 is 2.50 bits per heavy atom. The van der Waals surface area contributed by atoms with E-state index in [0.717, 1.165) is 0 Å². The van der Waals surface area contributed by atoms with Crippen molar-refractivity contribution in [1.29, 1.82) is 0 Å². The maximum Gasteiger partial charge on any atom is 0.301 e. The van der Waals surface area contributed by atoms with E-state index in [-0.39, 0.29) is 17.3 Å². The Labute approximate surface area is 120 Å². The summed E-state index contributed by atoms with van der Waals surface area (Å²) in [6, 6.07) is 3.05. The number of hydrogen-bond donors (Lipinski definition) is 0. The largest absolute Gasteiger partial charge is 0.495 e. The van der Waals surface area contributed by atoms with Gasteiger partial charge in [-0.2, -0.15) is 8.42 Å². The molecule has 0 spiro atoms. The van der Waals surface area contributed by atoms with Crippen molar-refractivity contribution >= 4 is 10.1 Å². The third-order valence-corrected chi connectivity index (χ3v) is 3.99. The smallest absolute Gasteiger partial charge is 0.301 e. The van der Waals surface area contributed by atoms with E-state index in [1.54, 1.807) is 26.8 Å². The van der Waals surface area contributed by atoms with Crippen LogP contribution in [-0.2, 0) is 14.3 Å². The Kier molecular flexibility index (Phi) is 5.43. The lowest BCUT2D eigenvalue weighted by molar-refractivity contribution is 0.247. The monoisotopic (exact) mass is 298 g/mol. The highest BCUT2D eigenvalue weighted by Crippen LogP contribution is 2.33. The summed E-state index contributed by atoms with van der Waals surface area (Å²) in [5.41, 5.74) is 0.469. The molecule has 1 aromatic rings. The van der Waals surface area contributed by atoms with E-state index >= 15 is 0 Å². The molecule has 0 unspecified atom stereocenters. The molecule has 0 aromatic heterocycles. The molecule has 1 aromatic carbocycles. The minimum absolute atomic E-state index is 0.00163. The average molecular weight is 298 g/mol. The zero-order chi connectivity index (χ0) is 15.3. The molecular weight excluding hydrogens is 280 g/mol. The highest BCUT2D eigenvalue weighted by Gasteiger charge is 2.25. The first-order valence-electron chi connectivity index (χ1n) is 6.00. The highest BCUT2D eigenvalue weighted by molar-refractivity contribution is 7.87. The van der Waals surface area contributed by atoms with Crippen LogP contribution < -0.4 is 9.47 Å².